The molecule has 0 spiro atoms. The summed E-state index contributed by atoms with van der Waals surface area (Å²) in [6.07, 6.45) is 1.49. The SMILES string of the molecule is COc1ccccc1COc1ncccc1C(=O)O. The molecule has 5 heteroatoms. The zero-order valence-electron chi connectivity index (χ0n) is 10.4. The number of methoxy groups -OCH3 is 1. The van der Waals surface area contributed by atoms with Gasteiger partial charge in [0.15, 0.2) is 0 Å². The van der Waals surface area contributed by atoms with E-state index in [0.717, 1.165) is 5.56 Å². The van der Waals surface area contributed by atoms with E-state index in [1.165, 1.54) is 12.3 Å². The summed E-state index contributed by atoms with van der Waals surface area (Å²) in [6.45, 7) is 0.196. The molecule has 0 aliphatic carbocycles. The minimum Gasteiger partial charge on any atom is -0.496 e. The highest BCUT2D eigenvalue weighted by atomic mass is 16.5. The monoisotopic (exact) mass is 259 g/mol. The summed E-state index contributed by atoms with van der Waals surface area (Å²) < 4.78 is 10.6. The van der Waals surface area contributed by atoms with Crippen LogP contribution in [0.5, 0.6) is 11.6 Å². The Bertz CT molecular complexity index is 583. The lowest BCUT2D eigenvalue weighted by molar-refractivity contribution is 0.0690. The molecule has 0 amide bonds. The lowest BCUT2D eigenvalue weighted by Gasteiger charge is -2.10. The fraction of sp³-hybridized carbons (Fsp3) is 0.143. The number of aromatic carboxylic acids is 1. The number of rotatable bonds is 5. The van der Waals surface area contributed by atoms with Crippen molar-refractivity contribution in [1.29, 1.82) is 0 Å². The molecule has 19 heavy (non-hydrogen) atoms. The van der Waals surface area contributed by atoms with Gasteiger partial charge in [0.05, 0.1) is 7.11 Å². The first kappa shape index (κ1) is 12.9. The van der Waals surface area contributed by atoms with Gasteiger partial charge in [-0.1, -0.05) is 18.2 Å². The fourth-order valence-corrected chi connectivity index (χ4v) is 1.64. The Morgan fingerprint density at radius 2 is 2.05 bits per heavy atom. The van der Waals surface area contributed by atoms with Crippen molar-refractivity contribution >= 4 is 5.97 Å². The zero-order valence-corrected chi connectivity index (χ0v) is 10.4. The molecule has 2 rings (SSSR count). The van der Waals surface area contributed by atoms with Gasteiger partial charge in [0, 0.05) is 11.8 Å². The molecule has 0 saturated carbocycles. The Hall–Kier alpha value is -2.56. The fourth-order valence-electron chi connectivity index (χ4n) is 1.64. The molecular weight excluding hydrogens is 246 g/mol. The van der Waals surface area contributed by atoms with Crippen LogP contribution in [0.4, 0.5) is 0 Å². The topological polar surface area (TPSA) is 68.7 Å². The maximum absolute atomic E-state index is 11.0. The molecule has 1 aromatic carbocycles. The second-order valence-corrected chi connectivity index (χ2v) is 3.76. The maximum atomic E-state index is 11.0. The average Bonchev–Trinajstić information content (AvgIpc) is 2.45. The van der Waals surface area contributed by atoms with E-state index in [4.69, 9.17) is 14.6 Å². The average molecular weight is 259 g/mol. The van der Waals surface area contributed by atoms with Crippen molar-refractivity contribution in [1.82, 2.24) is 4.98 Å². The molecule has 0 radical (unpaired) electrons. The van der Waals surface area contributed by atoms with Crippen LogP contribution in [0.25, 0.3) is 0 Å². The van der Waals surface area contributed by atoms with Crippen LogP contribution in [0, 0.1) is 0 Å². The molecule has 0 bridgehead atoms. The quantitative estimate of drug-likeness (QED) is 0.892. The molecule has 0 saturated heterocycles. The molecule has 0 aliphatic rings. The van der Waals surface area contributed by atoms with Gasteiger partial charge < -0.3 is 14.6 Å². The third-order valence-corrected chi connectivity index (χ3v) is 2.56. The number of carbonyl (C=O) groups is 1. The van der Waals surface area contributed by atoms with E-state index in [2.05, 4.69) is 4.98 Å². The number of pyridine rings is 1. The molecule has 0 fully saturated rings. The summed E-state index contributed by atoms with van der Waals surface area (Å²) in [5.74, 6) is -0.278. The molecule has 98 valence electrons. The molecular formula is C14H13NO4. The Balaban J connectivity index is 2.17. The summed E-state index contributed by atoms with van der Waals surface area (Å²) in [5.41, 5.74) is 0.865. The van der Waals surface area contributed by atoms with Gasteiger partial charge in [-0.25, -0.2) is 9.78 Å². The number of nitrogens with zero attached hydrogens (tertiary/aromatic N) is 1. The number of benzene rings is 1. The molecule has 1 aromatic heterocycles. The smallest absolute Gasteiger partial charge is 0.341 e. The Morgan fingerprint density at radius 1 is 1.26 bits per heavy atom. The van der Waals surface area contributed by atoms with Crippen molar-refractivity contribution in [2.24, 2.45) is 0 Å². The molecule has 0 unspecified atom stereocenters. The van der Waals surface area contributed by atoms with E-state index in [0.29, 0.717) is 5.75 Å². The van der Waals surface area contributed by atoms with Crippen LogP contribution in [-0.4, -0.2) is 23.2 Å². The molecule has 0 atom stereocenters. The van der Waals surface area contributed by atoms with Crippen LogP contribution in [0.15, 0.2) is 42.6 Å². The first-order valence-corrected chi connectivity index (χ1v) is 5.65. The molecule has 2 aromatic rings. The molecule has 1 heterocycles. The highest BCUT2D eigenvalue weighted by Gasteiger charge is 2.12. The zero-order chi connectivity index (χ0) is 13.7. The van der Waals surface area contributed by atoms with E-state index in [9.17, 15) is 4.79 Å². The van der Waals surface area contributed by atoms with Gasteiger partial charge in [0.2, 0.25) is 5.88 Å². The molecule has 0 aliphatic heterocycles. The van der Waals surface area contributed by atoms with Gasteiger partial charge in [-0.2, -0.15) is 0 Å². The number of hydrogen-bond acceptors (Lipinski definition) is 4. The first-order chi connectivity index (χ1) is 9.22. The lowest BCUT2D eigenvalue weighted by atomic mass is 10.2. The van der Waals surface area contributed by atoms with Crippen LogP contribution >= 0.6 is 0 Å². The van der Waals surface area contributed by atoms with Gasteiger partial charge in [0.1, 0.15) is 17.9 Å². The Morgan fingerprint density at radius 3 is 2.79 bits per heavy atom. The van der Waals surface area contributed by atoms with Crippen molar-refractivity contribution < 1.29 is 19.4 Å². The van der Waals surface area contributed by atoms with E-state index in [1.54, 1.807) is 13.2 Å². The largest absolute Gasteiger partial charge is 0.496 e. The van der Waals surface area contributed by atoms with Gasteiger partial charge in [0.25, 0.3) is 0 Å². The van der Waals surface area contributed by atoms with E-state index in [1.807, 2.05) is 24.3 Å². The van der Waals surface area contributed by atoms with Crippen molar-refractivity contribution in [2.75, 3.05) is 7.11 Å². The number of carboxylic acids is 1. The van der Waals surface area contributed by atoms with Gasteiger partial charge in [-0.15, -0.1) is 0 Å². The van der Waals surface area contributed by atoms with Crippen molar-refractivity contribution in [3.63, 3.8) is 0 Å². The lowest BCUT2D eigenvalue weighted by Crippen LogP contribution is -2.05. The van der Waals surface area contributed by atoms with Crippen LogP contribution < -0.4 is 9.47 Å². The van der Waals surface area contributed by atoms with Crippen molar-refractivity contribution in [3.8, 4) is 11.6 Å². The number of aromatic nitrogens is 1. The first-order valence-electron chi connectivity index (χ1n) is 5.65. The predicted octanol–water partition coefficient (Wildman–Crippen LogP) is 2.37. The van der Waals surface area contributed by atoms with Crippen LogP contribution in [0.1, 0.15) is 15.9 Å². The van der Waals surface area contributed by atoms with Gasteiger partial charge in [-0.3, -0.25) is 0 Å². The van der Waals surface area contributed by atoms with Crippen LogP contribution in [0.3, 0.4) is 0 Å². The number of carboxylic acid groups (broad SMARTS) is 1. The molecule has 1 N–H and O–H groups in total. The van der Waals surface area contributed by atoms with Gasteiger partial charge in [-0.05, 0) is 18.2 Å². The molecule has 5 nitrogen and oxygen atoms in total. The standard InChI is InChI=1S/C14H13NO4/c1-18-12-7-3-2-5-10(12)9-19-13-11(14(16)17)6-4-8-15-13/h2-8H,9H2,1H3,(H,16,17). The van der Waals surface area contributed by atoms with Crippen molar-refractivity contribution in [3.05, 3.63) is 53.7 Å². The highest BCUT2D eigenvalue weighted by molar-refractivity contribution is 5.90. The predicted molar refractivity (Wildman–Crippen MR) is 68.5 cm³/mol. The minimum absolute atomic E-state index is 0.0393. The third-order valence-electron chi connectivity index (χ3n) is 2.56. The normalized spacial score (nSPS) is 9.95. The number of hydrogen-bond donors (Lipinski definition) is 1. The Kier molecular flexibility index (Phi) is 3.97. The summed E-state index contributed by atoms with van der Waals surface area (Å²) in [7, 11) is 1.57. The highest BCUT2D eigenvalue weighted by Crippen LogP contribution is 2.21. The van der Waals surface area contributed by atoms with E-state index in [-0.39, 0.29) is 18.1 Å². The van der Waals surface area contributed by atoms with E-state index >= 15 is 0 Å². The Labute approximate surface area is 110 Å². The third kappa shape index (κ3) is 3.01. The van der Waals surface area contributed by atoms with Crippen molar-refractivity contribution in [2.45, 2.75) is 6.61 Å². The second kappa shape index (κ2) is 5.86. The maximum Gasteiger partial charge on any atom is 0.341 e. The van der Waals surface area contributed by atoms with Crippen LogP contribution in [0.2, 0.25) is 0 Å². The number of para-hydroxylation sites is 1. The summed E-state index contributed by atoms with van der Waals surface area (Å²) in [6, 6.07) is 10.4. The summed E-state index contributed by atoms with van der Waals surface area (Å²) in [4.78, 5) is 14.9. The minimum atomic E-state index is -1.07. The second-order valence-electron chi connectivity index (χ2n) is 3.76. The van der Waals surface area contributed by atoms with E-state index < -0.39 is 5.97 Å². The summed E-state index contributed by atoms with van der Waals surface area (Å²) >= 11 is 0. The number of ether oxygens (including phenoxy) is 2. The van der Waals surface area contributed by atoms with Crippen LogP contribution in [-0.2, 0) is 6.61 Å². The van der Waals surface area contributed by atoms with Gasteiger partial charge >= 0.3 is 5.97 Å². The summed E-state index contributed by atoms with van der Waals surface area (Å²) in [5, 5.41) is 9.02.